The van der Waals surface area contributed by atoms with Crippen LogP contribution in [0.1, 0.15) is 27.2 Å². The van der Waals surface area contributed by atoms with Crippen LogP contribution >= 0.6 is 0 Å². The molecule has 1 atom stereocenters. The summed E-state index contributed by atoms with van der Waals surface area (Å²) in [5.74, 6) is -0.908. The van der Waals surface area contributed by atoms with Crippen molar-refractivity contribution < 1.29 is 9.84 Å². The van der Waals surface area contributed by atoms with Crippen molar-refractivity contribution in [1.82, 2.24) is 5.32 Å². The van der Waals surface area contributed by atoms with Crippen LogP contribution in [0.5, 0.6) is 0 Å². The molecule has 11 heavy (non-hydrogen) atoms. The Balaban J connectivity index is 0. The van der Waals surface area contributed by atoms with Crippen molar-refractivity contribution in [3.63, 3.8) is 0 Å². The first-order valence-corrected chi connectivity index (χ1v) is 3.98. The first kappa shape index (κ1) is 13.5. The molecule has 0 fully saturated rings. The Kier molecular flexibility index (Phi) is 9.77. The van der Waals surface area contributed by atoms with Gasteiger partial charge in [0.1, 0.15) is 0 Å². The van der Waals surface area contributed by atoms with Crippen LogP contribution in [0.25, 0.3) is 0 Å². The third kappa shape index (κ3) is 13.0. The summed E-state index contributed by atoms with van der Waals surface area (Å²) in [4.78, 5) is 0. The SMILES string of the molecule is CCOC(C)(O)CC.CNC. The van der Waals surface area contributed by atoms with E-state index < -0.39 is 5.79 Å². The van der Waals surface area contributed by atoms with Crippen molar-refractivity contribution in [3.05, 3.63) is 0 Å². The quantitative estimate of drug-likeness (QED) is 0.609. The molecular weight excluding hydrogens is 142 g/mol. The summed E-state index contributed by atoms with van der Waals surface area (Å²) < 4.78 is 4.93. The maximum absolute atomic E-state index is 9.10. The van der Waals surface area contributed by atoms with Gasteiger partial charge in [-0.2, -0.15) is 0 Å². The molecule has 0 aliphatic rings. The third-order valence-corrected chi connectivity index (χ3v) is 1.11. The van der Waals surface area contributed by atoms with Gasteiger partial charge in [0, 0.05) is 6.61 Å². The fraction of sp³-hybridized carbons (Fsp3) is 1.00. The average Bonchev–Trinajstić information content (AvgIpc) is 1.90. The Morgan fingerprint density at radius 1 is 1.36 bits per heavy atom. The van der Waals surface area contributed by atoms with E-state index in [1.165, 1.54) is 0 Å². The molecule has 0 saturated heterocycles. The van der Waals surface area contributed by atoms with Gasteiger partial charge in [0.05, 0.1) is 0 Å². The summed E-state index contributed by atoms with van der Waals surface area (Å²) in [6, 6.07) is 0. The summed E-state index contributed by atoms with van der Waals surface area (Å²) in [5, 5.41) is 11.9. The molecule has 0 saturated carbocycles. The van der Waals surface area contributed by atoms with Gasteiger partial charge in [-0.05, 0) is 34.4 Å². The van der Waals surface area contributed by atoms with Gasteiger partial charge in [0.15, 0.2) is 5.79 Å². The van der Waals surface area contributed by atoms with Gasteiger partial charge in [-0.1, -0.05) is 6.92 Å². The molecule has 0 spiro atoms. The zero-order valence-electron chi connectivity index (χ0n) is 8.27. The second kappa shape index (κ2) is 7.98. The van der Waals surface area contributed by atoms with Gasteiger partial charge < -0.3 is 15.2 Å². The number of ether oxygens (including phenoxy) is 1. The molecule has 0 aromatic heterocycles. The van der Waals surface area contributed by atoms with E-state index in [4.69, 9.17) is 9.84 Å². The Morgan fingerprint density at radius 3 is 1.82 bits per heavy atom. The fourth-order valence-electron chi connectivity index (χ4n) is 0.413. The molecule has 1 unspecified atom stereocenters. The molecule has 0 aromatic carbocycles. The minimum Gasteiger partial charge on any atom is -0.366 e. The Labute approximate surface area is 69.8 Å². The van der Waals surface area contributed by atoms with Crippen molar-refractivity contribution in [2.24, 2.45) is 0 Å². The van der Waals surface area contributed by atoms with Gasteiger partial charge in [-0.3, -0.25) is 0 Å². The monoisotopic (exact) mass is 163 g/mol. The summed E-state index contributed by atoms with van der Waals surface area (Å²) in [5.41, 5.74) is 0. The first-order valence-electron chi connectivity index (χ1n) is 3.98. The number of rotatable bonds is 3. The highest BCUT2D eigenvalue weighted by Crippen LogP contribution is 2.08. The number of aliphatic hydroxyl groups is 1. The van der Waals surface area contributed by atoms with Crippen LogP contribution in [0, 0.1) is 0 Å². The lowest BCUT2D eigenvalue weighted by Crippen LogP contribution is -2.26. The van der Waals surface area contributed by atoms with Crippen molar-refractivity contribution in [1.29, 1.82) is 0 Å². The van der Waals surface area contributed by atoms with E-state index in [0.717, 1.165) is 0 Å². The van der Waals surface area contributed by atoms with E-state index in [1.807, 2.05) is 27.9 Å². The van der Waals surface area contributed by atoms with Crippen molar-refractivity contribution >= 4 is 0 Å². The molecule has 0 rings (SSSR count). The van der Waals surface area contributed by atoms with Crippen molar-refractivity contribution in [3.8, 4) is 0 Å². The lowest BCUT2D eigenvalue weighted by molar-refractivity contribution is -0.187. The van der Waals surface area contributed by atoms with E-state index in [1.54, 1.807) is 6.92 Å². The van der Waals surface area contributed by atoms with E-state index >= 15 is 0 Å². The first-order chi connectivity index (χ1) is 5.04. The summed E-state index contributed by atoms with van der Waals surface area (Å²) in [6.45, 7) is 5.98. The van der Waals surface area contributed by atoms with E-state index in [9.17, 15) is 0 Å². The molecule has 0 bridgehead atoms. The molecule has 0 aliphatic carbocycles. The zero-order chi connectivity index (χ0) is 9.33. The highest BCUT2D eigenvalue weighted by molar-refractivity contribution is 4.53. The molecule has 0 aromatic rings. The number of nitrogens with one attached hydrogen (secondary N) is 1. The topological polar surface area (TPSA) is 41.5 Å². The van der Waals surface area contributed by atoms with Crippen LogP contribution in [0.4, 0.5) is 0 Å². The van der Waals surface area contributed by atoms with Gasteiger partial charge >= 0.3 is 0 Å². The molecule has 3 nitrogen and oxygen atoms in total. The van der Waals surface area contributed by atoms with E-state index in [-0.39, 0.29) is 0 Å². The highest BCUT2D eigenvalue weighted by Gasteiger charge is 2.15. The predicted octanol–water partition coefficient (Wildman–Crippen LogP) is 0.977. The van der Waals surface area contributed by atoms with Gasteiger partial charge in [0.25, 0.3) is 0 Å². The number of hydrogen-bond acceptors (Lipinski definition) is 3. The summed E-state index contributed by atoms with van der Waals surface area (Å²) >= 11 is 0. The second-order valence-electron chi connectivity index (χ2n) is 2.46. The van der Waals surface area contributed by atoms with Gasteiger partial charge in [-0.15, -0.1) is 0 Å². The molecule has 0 aliphatic heterocycles. The molecule has 3 heteroatoms. The standard InChI is InChI=1S/C6H14O2.C2H7N/c1-4-6(3,7)8-5-2;1-3-2/h7H,4-5H2,1-3H3;3H,1-2H3. The average molecular weight is 163 g/mol. The van der Waals surface area contributed by atoms with E-state index in [0.29, 0.717) is 13.0 Å². The molecule has 0 amide bonds. The molecule has 2 N–H and O–H groups in total. The van der Waals surface area contributed by atoms with Crippen LogP contribution in [0.15, 0.2) is 0 Å². The largest absolute Gasteiger partial charge is 0.366 e. The second-order valence-corrected chi connectivity index (χ2v) is 2.46. The fourth-order valence-corrected chi connectivity index (χ4v) is 0.413. The van der Waals surface area contributed by atoms with Crippen LogP contribution < -0.4 is 5.32 Å². The summed E-state index contributed by atoms with van der Waals surface area (Å²) in [6.07, 6.45) is 0.640. The van der Waals surface area contributed by atoms with Crippen LogP contribution in [0.2, 0.25) is 0 Å². The summed E-state index contributed by atoms with van der Waals surface area (Å²) in [7, 11) is 3.75. The van der Waals surface area contributed by atoms with Crippen molar-refractivity contribution in [2.75, 3.05) is 20.7 Å². The van der Waals surface area contributed by atoms with Crippen LogP contribution in [-0.4, -0.2) is 31.6 Å². The molecule has 0 heterocycles. The van der Waals surface area contributed by atoms with Crippen LogP contribution in [0.3, 0.4) is 0 Å². The Hall–Kier alpha value is -0.120. The lowest BCUT2D eigenvalue weighted by Gasteiger charge is -2.20. The van der Waals surface area contributed by atoms with Gasteiger partial charge in [-0.25, -0.2) is 0 Å². The Morgan fingerprint density at radius 2 is 1.73 bits per heavy atom. The third-order valence-electron chi connectivity index (χ3n) is 1.11. The maximum atomic E-state index is 9.10. The zero-order valence-corrected chi connectivity index (χ0v) is 8.27. The lowest BCUT2D eigenvalue weighted by atomic mass is 10.2. The molecular formula is C8H21NO2. The molecule has 0 radical (unpaired) electrons. The van der Waals surface area contributed by atoms with Crippen molar-refractivity contribution in [2.45, 2.75) is 33.0 Å². The minimum absolute atomic E-state index is 0.570. The minimum atomic E-state index is -0.908. The predicted molar refractivity (Wildman–Crippen MR) is 47.5 cm³/mol. The normalized spacial score (nSPS) is 14.7. The Bertz CT molecular complexity index is 74.5. The van der Waals surface area contributed by atoms with Gasteiger partial charge in [0.2, 0.25) is 0 Å². The van der Waals surface area contributed by atoms with Crippen LogP contribution in [-0.2, 0) is 4.74 Å². The number of hydrogen-bond donors (Lipinski definition) is 2. The maximum Gasteiger partial charge on any atom is 0.162 e. The molecule has 70 valence electrons. The highest BCUT2D eigenvalue weighted by atomic mass is 16.6. The van der Waals surface area contributed by atoms with E-state index in [2.05, 4.69) is 5.32 Å². The smallest absolute Gasteiger partial charge is 0.162 e.